The van der Waals surface area contributed by atoms with E-state index in [0.29, 0.717) is 11.6 Å². The van der Waals surface area contributed by atoms with E-state index in [4.69, 9.17) is 12.2 Å². The average Bonchev–Trinajstić information content (AvgIpc) is 2.30. The number of hydrogen-bond donors (Lipinski definition) is 3. The molecule has 0 fully saturated rings. The molecule has 0 bridgehead atoms. The number of rotatable bonds is 2. The first-order valence-electron chi connectivity index (χ1n) is 6.56. The van der Waals surface area contributed by atoms with Crippen LogP contribution in [0.15, 0.2) is 18.2 Å². The number of carbonyl (C=O) groups excluding carboxylic acids is 1. The van der Waals surface area contributed by atoms with Crippen LogP contribution in [0.25, 0.3) is 0 Å². The minimum atomic E-state index is -0.520. The van der Waals surface area contributed by atoms with Gasteiger partial charge in [0.15, 0.2) is 5.11 Å². The summed E-state index contributed by atoms with van der Waals surface area (Å²) in [6.45, 7) is 9.55. The summed E-state index contributed by atoms with van der Waals surface area (Å²) >= 11 is 5.10. The fourth-order valence-corrected chi connectivity index (χ4v) is 1.66. The van der Waals surface area contributed by atoms with Gasteiger partial charge in [0.25, 0.3) is 0 Å². The second kappa shape index (κ2) is 6.22. The number of amides is 1. The molecule has 0 aliphatic rings. The first-order valence-corrected chi connectivity index (χ1v) is 6.97. The topological polar surface area (TPSA) is 61.4 Å². The zero-order chi connectivity index (χ0) is 15.5. The molecule has 0 saturated carbocycles. The van der Waals surface area contributed by atoms with E-state index in [9.17, 15) is 9.90 Å². The van der Waals surface area contributed by atoms with Gasteiger partial charge in [-0.1, -0.05) is 40.7 Å². The summed E-state index contributed by atoms with van der Waals surface area (Å²) in [5, 5.41) is 15.5. The highest BCUT2D eigenvalue weighted by Gasteiger charge is 2.22. The maximum absolute atomic E-state index is 11.8. The summed E-state index contributed by atoms with van der Waals surface area (Å²) in [5.74, 6) is 0.269. The number of anilines is 1. The van der Waals surface area contributed by atoms with Gasteiger partial charge in [0.1, 0.15) is 5.75 Å². The monoisotopic (exact) mass is 294 g/mol. The second-order valence-corrected chi connectivity index (χ2v) is 6.50. The van der Waals surface area contributed by atoms with E-state index in [-0.39, 0.29) is 16.8 Å². The molecule has 5 heteroatoms. The average molecular weight is 294 g/mol. The van der Waals surface area contributed by atoms with E-state index in [2.05, 4.69) is 24.5 Å². The van der Waals surface area contributed by atoms with Gasteiger partial charge in [-0.25, -0.2) is 0 Å². The molecule has 0 atom stereocenters. The van der Waals surface area contributed by atoms with Crippen molar-refractivity contribution < 1.29 is 9.90 Å². The van der Waals surface area contributed by atoms with Crippen LogP contribution in [0.3, 0.4) is 0 Å². The van der Waals surface area contributed by atoms with Crippen molar-refractivity contribution in [3.8, 4) is 5.75 Å². The second-order valence-electron chi connectivity index (χ2n) is 6.09. The maximum atomic E-state index is 11.8. The molecular formula is C15H22N2O2S. The Morgan fingerprint density at radius 1 is 1.30 bits per heavy atom. The van der Waals surface area contributed by atoms with Gasteiger partial charge in [0, 0.05) is 5.41 Å². The Morgan fingerprint density at radius 2 is 1.90 bits per heavy atom. The van der Waals surface area contributed by atoms with E-state index >= 15 is 0 Å². The van der Waals surface area contributed by atoms with Crippen LogP contribution in [0.2, 0.25) is 0 Å². The zero-order valence-electron chi connectivity index (χ0n) is 12.6. The normalized spacial score (nSPS) is 11.3. The lowest BCUT2D eigenvalue weighted by Gasteiger charge is -2.19. The molecular weight excluding hydrogens is 272 g/mol. The van der Waals surface area contributed by atoms with Crippen molar-refractivity contribution in [2.45, 2.75) is 40.5 Å². The highest BCUT2D eigenvalue weighted by atomic mass is 32.1. The predicted octanol–water partition coefficient (Wildman–Crippen LogP) is 3.37. The minimum Gasteiger partial charge on any atom is -0.506 e. The number of hydrogen-bond acceptors (Lipinski definition) is 3. The summed E-state index contributed by atoms with van der Waals surface area (Å²) in [6.07, 6.45) is 0. The molecule has 4 nitrogen and oxygen atoms in total. The molecule has 0 radical (unpaired) electrons. The number of nitrogens with one attached hydrogen (secondary N) is 2. The van der Waals surface area contributed by atoms with Crippen molar-refractivity contribution in [3.63, 3.8) is 0 Å². The molecule has 3 N–H and O–H groups in total. The van der Waals surface area contributed by atoms with Gasteiger partial charge in [-0.2, -0.15) is 0 Å². The summed E-state index contributed by atoms with van der Waals surface area (Å²) in [5.41, 5.74) is 1.05. The van der Waals surface area contributed by atoms with E-state index in [0.717, 1.165) is 5.56 Å². The molecule has 0 aliphatic heterocycles. The number of benzene rings is 1. The Bertz CT molecular complexity index is 519. The summed E-state index contributed by atoms with van der Waals surface area (Å²) in [6, 6.07) is 5.31. The van der Waals surface area contributed by atoms with Gasteiger partial charge < -0.3 is 15.7 Å². The number of thiocarbonyl (C=S) groups is 1. The first kappa shape index (κ1) is 16.4. The number of aromatic hydroxyl groups is 1. The molecule has 0 aromatic heterocycles. The highest BCUT2D eigenvalue weighted by molar-refractivity contribution is 7.80. The van der Waals surface area contributed by atoms with Crippen molar-refractivity contribution in [1.29, 1.82) is 0 Å². The van der Waals surface area contributed by atoms with Crippen molar-refractivity contribution in [1.82, 2.24) is 5.32 Å². The van der Waals surface area contributed by atoms with Crippen LogP contribution < -0.4 is 10.6 Å². The Labute approximate surface area is 125 Å². The largest absolute Gasteiger partial charge is 0.506 e. The molecule has 1 aromatic carbocycles. The van der Waals surface area contributed by atoms with Gasteiger partial charge in [-0.05, 0) is 35.8 Å². The zero-order valence-corrected chi connectivity index (χ0v) is 13.4. The number of phenols is 1. The number of carbonyl (C=O) groups is 1. The third kappa shape index (κ3) is 4.49. The highest BCUT2D eigenvalue weighted by Crippen LogP contribution is 2.27. The van der Waals surface area contributed by atoms with Crippen molar-refractivity contribution >= 4 is 28.9 Å². The van der Waals surface area contributed by atoms with Gasteiger partial charge in [-0.15, -0.1) is 0 Å². The molecule has 0 spiro atoms. The number of phenolic OH excluding ortho intramolecular Hbond substituents is 1. The Kier molecular flexibility index (Phi) is 5.11. The smallest absolute Gasteiger partial charge is 0.231 e. The molecule has 0 unspecified atom stereocenters. The molecule has 1 aromatic rings. The fraction of sp³-hybridized carbons (Fsp3) is 0.467. The maximum Gasteiger partial charge on any atom is 0.231 e. The van der Waals surface area contributed by atoms with Crippen molar-refractivity contribution in [2.75, 3.05) is 5.32 Å². The van der Waals surface area contributed by atoms with Crippen LogP contribution in [0, 0.1) is 5.41 Å². The predicted molar refractivity (Wildman–Crippen MR) is 86.0 cm³/mol. The Morgan fingerprint density at radius 3 is 2.40 bits per heavy atom. The molecule has 1 amide bonds. The fourth-order valence-electron chi connectivity index (χ4n) is 1.46. The summed E-state index contributed by atoms with van der Waals surface area (Å²) < 4.78 is 0. The minimum absolute atomic E-state index is 0.0988. The van der Waals surface area contributed by atoms with Gasteiger partial charge in [0.05, 0.1) is 5.69 Å². The van der Waals surface area contributed by atoms with Gasteiger partial charge in [0.2, 0.25) is 5.91 Å². The van der Waals surface area contributed by atoms with Crippen LogP contribution in [-0.4, -0.2) is 16.1 Å². The van der Waals surface area contributed by atoms with Crippen molar-refractivity contribution in [2.24, 2.45) is 5.41 Å². The van der Waals surface area contributed by atoms with Crippen LogP contribution in [0.4, 0.5) is 5.69 Å². The lowest BCUT2D eigenvalue weighted by atomic mass is 9.96. The standard InChI is InChI=1S/C15H22N2O2S/c1-9(2)10-6-7-12(18)11(8-10)16-14(20)17-13(19)15(3,4)5/h6-9,18H,1-5H3,(H2,16,17,19,20). The first-order chi connectivity index (χ1) is 9.11. The Balaban J connectivity index is 2.81. The molecule has 0 heterocycles. The van der Waals surface area contributed by atoms with Crippen LogP contribution in [-0.2, 0) is 4.79 Å². The quantitative estimate of drug-likeness (QED) is 0.578. The molecule has 110 valence electrons. The van der Waals surface area contributed by atoms with E-state index < -0.39 is 5.41 Å². The summed E-state index contributed by atoms with van der Waals surface area (Å²) in [7, 11) is 0. The van der Waals surface area contributed by atoms with Crippen LogP contribution >= 0.6 is 12.2 Å². The molecule has 1 rings (SSSR count). The lowest BCUT2D eigenvalue weighted by Crippen LogP contribution is -2.41. The van der Waals surface area contributed by atoms with E-state index in [1.54, 1.807) is 6.07 Å². The third-order valence-corrected chi connectivity index (χ3v) is 3.05. The molecule has 20 heavy (non-hydrogen) atoms. The lowest BCUT2D eigenvalue weighted by molar-refractivity contribution is -0.126. The van der Waals surface area contributed by atoms with Gasteiger partial charge in [-0.3, -0.25) is 4.79 Å². The SMILES string of the molecule is CC(C)c1ccc(O)c(NC(=S)NC(=O)C(C)(C)C)c1. The van der Waals surface area contributed by atoms with Crippen LogP contribution in [0.1, 0.15) is 46.1 Å². The van der Waals surface area contributed by atoms with Crippen LogP contribution in [0.5, 0.6) is 5.75 Å². The Hall–Kier alpha value is -1.62. The molecule has 0 aliphatic carbocycles. The van der Waals surface area contributed by atoms with Gasteiger partial charge >= 0.3 is 0 Å². The van der Waals surface area contributed by atoms with E-state index in [1.807, 2.05) is 32.9 Å². The van der Waals surface area contributed by atoms with Crippen molar-refractivity contribution in [3.05, 3.63) is 23.8 Å². The molecule has 0 saturated heterocycles. The third-order valence-electron chi connectivity index (χ3n) is 2.84. The summed E-state index contributed by atoms with van der Waals surface area (Å²) in [4.78, 5) is 11.8. The van der Waals surface area contributed by atoms with E-state index in [1.165, 1.54) is 0 Å².